The average molecular weight is 881 g/mol. The summed E-state index contributed by atoms with van der Waals surface area (Å²) in [5, 5.41) is 10.4. The molecule has 0 amide bonds. The molecule has 354 valence electrons. The molecule has 61 heavy (non-hydrogen) atoms. The summed E-state index contributed by atoms with van der Waals surface area (Å²) in [6.07, 6.45) is 24.4. The molecule has 10 nitrogen and oxygen atoms in total. The summed E-state index contributed by atoms with van der Waals surface area (Å²) in [7, 11) is 1.29. The Hall–Kier alpha value is -1.29. The lowest BCUT2D eigenvalue weighted by atomic mass is 9.47. The van der Waals surface area contributed by atoms with Crippen molar-refractivity contribution in [3.63, 3.8) is 0 Å². The van der Waals surface area contributed by atoms with E-state index in [1.165, 1.54) is 95.5 Å². The highest BCUT2D eigenvalue weighted by molar-refractivity contribution is 7.47. The number of fused-ring (bicyclic) bond motifs is 5. The van der Waals surface area contributed by atoms with Crippen molar-refractivity contribution in [2.45, 2.75) is 208 Å². The highest BCUT2D eigenvalue weighted by Gasteiger charge is 2.59. The molecular weight excluding hydrogens is 790 g/mol. The van der Waals surface area contributed by atoms with Gasteiger partial charge in [-0.15, -0.1) is 0 Å². The van der Waals surface area contributed by atoms with Crippen LogP contribution in [0.15, 0.2) is 11.6 Å². The number of quaternary nitrogens is 1. The molecule has 0 aromatic heterocycles. The molecule has 6 unspecified atom stereocenters. The Kier molecular flexibility index (Phi) is 20.8. The molecule has 0 aromatic rings. The molecule has 0 saturated heterocycles. The molecule has 0 aromatic carbocycles. The summed E-state index contributed by atoms with van der Waals surface area (Å²) in [6, 6.07) is 0. The highest BCUT2D eigenvalue weighted by atomic mass is 31.2. The van der Waals surface area contributed by atoms with E-state index in [0.29, 0.717) is 41.1 Å². The van der Waals surface area contributed by atoms with E-state index in [0.717, 1.165) is 62.2 Å². The minimum Gasteiger partial charge on any atom is -0.478 e. The lowest BCUT2D eigenvalue weighted by molar-refractivity contribution is -0.870. The SMILES string of the molecule is CCCCCCCCCCCCCC(=O)OC(C(=O)O)[C@H](COP(=O)(O)OCC[N+](C)(C)C)OC1CC[C@@]2(C)C(=CCC3C2CC[C@@]2(C)C3CC[C@@H]2[C@H](C)CCCC(C)C)C1. The normalized spacial score (nSPS) is 30.1. The zero-order valence-corrected chi connectivity index (χ0v) is 41.2. The second-order valence-electron chi connectivity index (χ2n) is 22.0. The van der Waals surface area contributed by atoms with Gasteiger partial charge in [-0.25, -0.2) is 9.36 Å². The van der Waals surface area contributed by atoms with E-state index in [9.17, 15) is 24.2 Å². The third-order valence-electron chi connectivity index (χ3n) is 15.9. The van der Waals surface area contributed by atoms with Gasteiger partial charge >= 0.3 is 19.8 Å². The van der Waals surface area contributed by atoms with E-state index < -0.39 is 38.6 Å². The van der Waals surface area contributed by atoms with Gasteiger partial charge in [0, 0.05) is 6.42 Å². The fourth-order valence-electron chi connectivity index (χ4n) is 12.3. The molecule has 4 rings (SSSR count). The molecular formula is C50H91NO9P+. The fraction of sp³-hybridized carbons (Fsp3) is 0.920. The van der Waals surface area contributed by atoms with Crippen LogP contribution in [-0.2, 0) is 32.7 Å². The summed E-state index contributed by atoms with van der Waals surface area (Å²) >= 11 is 0. The molecule has 4 aliphatic carbocycles. The maximum Gasteiger partial charge on any atom is 0.472 e. The maximum atomic E-state index is 13.1. The molecule has 4 aliphatic rings. The van der Waals surface area contributed by atoms with Crippen molar-refractivity contribution in [2.75, 3.05) is 40.9 Å². The summed E-state index contributed by atoms with van der Waals surface area (Å²) in [6.45, 7) is 14.4. The average Bonchev–Trinajstić information content (AvgIpc) is 3.54. The molecule has 3 fully saturated rings. The number of likely N-dealkylation sites (N-methyl/N-ethyl adjacent to an activating group) is 1. The molecule has 3 saturated carbocycles. The van der Waals surface area contributed by atoms with Crippen LogP contribution in [0.3, 0.4) is 0 Å². The van der Waals surface area contributed by atoms with Crippen molar-refractivity contribution in [2.24, 2.45) is 46.3 Å². The van der Waals surface area contributed by atoms with Crippen LogP contribution in [0.1, 0.15) is 189 Å². The number of carbonyl (C=O) groups excluding carboxylic acids is 1. The van der Waals surface area contributed by atoms with Crippen LogP contribution in [0, 0.1) is 46.3 Å². The van der Waals surface area contributed by atoms with Crippen molar-refractivity contribution < 1.29 is 47.2 Å². The smallest absolute Gasteiger partial charge is 0.472 e. The van der Waals surface area contributed by atoms with E-state index in [2.05, 4.69) is 47.6 Å². The van der Waals surface area contributed by atoms with Gasteiger partial charge in [0.2, 0.25) is 6.10 Å². The zero-order chi connectivity index (χ0) is 44.8. The van der Waals surface area contributed by atoms with Crippen LogP contribution < -0.4 is 0 Å². The summed E-state index contributed by atoms with van der Waals surface area (Å²) in [5.74, 6) is 2.43. The second-order valence-corrected chi connectivity index (χ2v) is 23.4. The second kappa shape index (κ2) is 24.3. The summed E-state index contributed by atoms with van der Waals surface area (Å²) in [4.78, 5) is 36.5. The van der Waals surface area contributed by atoms with Gasteiger partial charge in [-0.3, -0.25) is 13.8 Å². The number of phosphoric ester groups is 1. The van der Waals surface area contributed by atoms with Crippen LogP contribution in [-0.4, -0.2) is 85.6 Å². The van der Waals surface area contributed by atoms with Crippen molar-refractivity contribution in [1.29, 1.82) is 0 Å². The van der Waals surface area contributed by atoms with Crippen LogP contribution in [0.2, 0.25) is 0 Å². The third kappa shape index (κ3) is 15.7. The van der Waals surface area contributed by atoms with E-state index in [1.54, 1.807) is 0 Å². The van der Waals surface area contributed by atoms with Gasteiger partial charge in [-0.2, -0.15) is 0 Å². The van der Waals surface area contributed by atoms with E-state index >= 15 is 0 Å². The minimum atomic E-state index is -4.55. The quantitative estimate of drug-likeness (QED) is 0.0248. The topological polar surface area (TPSA) is 129 Å². The number of ether oxygens (including phenoxy) is 2. The van der Waals surface area contributed by atoms with Crippen LogP contribution in [0.25, 0.3) is 0 Å². The molecule has 0 bridgehead atoms. The first-order valence-corrected chi connectivity index (χ1v) is 26.5. The maximum absolute atomic E-state index is 13.1. The number of hydrogen-bond acceptors (Lipinski definition) is 7. The number of nitrogens with zero attached hydrogens (tertiary/aromatic N) is 1. The lowest BCUT2D eigenvalue weighted by Gasteiger charge is -2.58. The van der Waals surface area contributed by atoms with Gasteiger partial charge in [0.25, 0.3) is 0 Å². The number of carbonyl (C=O) groups is 2. The number of allylic oxidation sites excluding steroid dienone is 1. The minimum absolute atomic E-state index is 0.0192. The largest absolute Gasteiger partial charge is 0.478 e. The van der Waals surface area contributed by atoms with Gasteiger partial charge in [-0.05, 0) is 104 Å². The Bertz CT molecular complexity index is 1430. The first-order chi connectivity index (χ1) is 28.8. The molecule has 11 atom stereocenters. The zero-order valence-electron chi connectivity index (χ0n) is 40.3. The first-order valence-electron chi connectivity index (χ1n) is 25.0. The van der Waals surface area contributed by atoms with Gasteiger partial charge in [-0.1, -0.05) is 137 Å². The van der Waals surface area contributed by atoms with Crippen molar-refractivity contribution in [1.82, 2.24) is 0 Å². The molecule has 0 aliphatic heterocycles. The Labute approximate surface area is 372 Å². The van der Waals surface area contributed by atoms with E-state index in [4.69, 9.17) is 18.5 Å². The van der Waals surface area contributed by atoms with Crippen molar-refractivity contribution in [3.8, 4) is 0 Å². The Morgan fingerprint density at radius 1 is 0.852 bits per heavy atom. The predicted molar refractivity (Wildman–Crippen MR) is 245 cm³/mol. The lowest BCUT2D eigenvalue weighted by Crippen LogP contribution is -2.51. The number of carboxylic acid groups (broad SMARTS) is 1. The van der Waals surface area contributed by atoms with Crippen molar-refractivity contribution >= 4 is 19.8 Å². The van der Waals surface area contributed by atoms with Crippen LogP contribution >= 0.6 is 7.82 Å². The number of hydrogen-bond donors (Lipinski definition) is 2. The van der Waals surface area contributed by atoms with Crippen LogP contribution in [0.5, 0.6) is 0 Å². The monoisotopic (exact) mass is 881 g/mol. The Balaban J connectivity index is 1.39. The summed E-state index contributed by atoms with van der Waals surface area (Å²) < 4.78 is 36.4. The molecule has 11 heteroatoms. The number of phosphoric acid groups is 1. The van der Waals surface area contributed by atoms with E-state index in [-0.39, 0.29) is 24.5 Å². The summed E-state index contributed by atoms with van der Waals surface area (Å²) in [5.41, 5.74) is 1.86. The molecule has 0 spiro atoms. The van der Waals surface area contributed by atoms with Gasteiger partial charge in [0.1, 0.15) is 19.3 Å². The van der Waals surface area contributed by atoms with Gasteiger partial charge in [0.05, 0.1) is 33.9 Å². The Morgan fingerprint density at radius 2 is 1.51 bits per heavy atom. The van der Waals surface area contributed by atoms with Crippen molar-refractivity contribution in [3.05, 3.63) is 11.6 Å². The first kappa shape index (κ1) is 52.3. The van der Waals surface area contributed by atoms with Crippen LogP contribution in [0.4, 0.5) is 0 Å². The third-order valence-corrected chi connectivity index (χ3v) is 16.9. The number of unbranched alkanes of at least 4 members (excludes halogenated alkanes) is 10. The Morgan fingerprint density at radius 3 is 2.13 bits per heavy atom. The number of esters is 1. The molecule has 0 heterocycles. The standard InChI is InChI=1S/C50H90NO9P/c1-10-11-12-13-14-15-16-17-18-19-20-24-46(52)60-47(48(53)54)45(36-58-61(55,56)57-34-33-51(7,8)9)59-40-29-31-49(5)39(35-40)25-26-41-43-28-27-42(38(4)23-21-22-37(2)3)50(43,6)32-30-44(41)49/h25,37-38,40-45,47H,10-24,26-36H2,1-9H3,(H-,53,54,55,56)/p+1/t38-,40?,41?,42-,43?,44?,45+,47?,49+,50-/m1/s1. The fourth-order valence-corrected chi connectivity index (χ4v) is 13.0. The van der Waals surface area contributed by atoms with E-state index in [1.807, 2.05) is 21.1 Å². The van der Waals surface area contributed by atoms with Gasteiger partial charge < -0.3 is 24.0 Å². The molecule has 0 radical (unpaired) electrons. The highest BCUT2D eigenvalue weighted by Crippen LogP contribution is 2.67. The predicted octanol–water partition coefficient (Wildman–Crippen LogP) is 12.3. The van der Waals surface area contributed by atoms with Gasteiger partial charge in [0.15, 0.2) is 0 Å². The molecule has 2 N–H and O–H groups in total. The number of aliphatic carboxylic acids is 1. The number of carboxylic acids is 1. The number of rotatable bonds is 29.